The molecule has 1 nitrogen and oxygen atoms in total. The Bertz CT molecular complexity index is 459. The monoisotopic (exact) mass is 279 g/mol. The number of anilines is 1. The quantitative estimate of drug-likeness (QED) is 0.492. The van der Waals surface area contributed by atoms with Crippen LogP contribution in [0, 0.1) is 35.0 Å². The molecule has 1 N–H and O–H groups in total. The molecule has 1 aromatic carbocycles. The van der Waals surface area contributed by atoms with Crippen LogP contribution in [-0.4, -0.2) is 6.04 Å². The summed E-state index contributed by atoms with van der Waals surface area (Å²) in [6, 6.07) is -0.252. The maximum Gasteiger partial charge on any atom is 0.200 e. The van der Waals surface area contributed by atoms with Crippen molar-refractivity contribution in [2.24, 2.45) is 5.92 Å². The lowest BCUT2D eigenvalue weighted by atomic mass is 10.1. The van der Waals surface area contributed by atoms with Crippen LogP contribution < -0.4 is 5.32 Å². The molecule has 0 amide bonds. The van der Waals surface area contributed by atoms with Gasteiger partial charge in [-0.05, 0) is 25.2 Å². The number of rotatable bonds is 3. The van der Waals surface area contributed by atoms with Crippen LogP contribution in [0.15, 0.2) is 0 Å². The van der Waals surface area contributed by atoms with Crippen LogP contribution in [0.2, 0.25) is 0 Å². The van der Waals surface area contributed by atoms with Gasteiger partial charge in [0.15, 0.2) is 23.3 Å². The minimum absolute atomic E-state index is 0.252. The Kier molecular flexibility index (Phi) is 3.96. The topological polar surface area (TPSA) is 12.0 Å². The molecule has 6 heteroatoms. The van der Waals surface area contributed by atoms with Crippen LogP contribution in [0.1, 0.15) is 32.6 Å². The predicted octanol–water partition coefficient (Wildman–Crippen LogP) is 4.37. The molecule has 0 heterocycles. The molecular weight excluding hydrogens is 265 g/mol. The van der Waals surface area contributed by atoms with Crippen LogP contribution in [0.25, 0.3) is 0 Å². The van der Waals surface area contributed by atoms with Crippen molar-refractivity contribution in [1.82, 2.24) is 0 Å². The number of nitrogens with one attached hydrogen (secondary N) is 1. The summed E-state index contributed by atoms with van der Waals surface area (Å²) in [5.74, 6) is -9.11. The van der Waals surface area contributed by atoms with Gasteiger partial charge in [-0.2, -0.15) is 0 Å². The van der Waals surface area contributed by atoms with Crippen molar-refractivity contribution in [1.29, 1.82) is 0 Å². The van der Waals surface area contributed by atoms with E-state index in [9.17, 15) is 22.0 Å². The Morgan fingerprint density at radius 3 is 1.89 bits per heavy atom. The summed E-state index contributed by atoms with van der Waals surface area (Å²) in [4.78, 5) is 0. The van der Waals surface area contributed by atoms with Gasteiger partial charge >= 0.3 is 0 Å². The van der Waals surface area contributed by atoms with Gasteiger partial charge in [0, 0.05) is 6.04 Å². The third kappa shape index (κ3) is 2.53. The van der Waals surface area contributed by atoms with Gasteiger partial charge in [-0.25, -0.2) is 22.0 Å². The fourth-order valence-electron chi connectivity index (χ4n) is 2.51. The summed E-state index contributed by atoms with van der Waals surface area (Å²) < 4.78 is 65.8. The first-order chi connectivity index (χ1) is 8.95. The molecule has 0 aliphatic heterocycles. The molecule has 2 atom stereocenters. The van der Waals surface area contributed by atoms with Crippen molar-refractivity contribution in [3.8, 4) is 0 Å². The molecular formula is C13H14F5N. The minimum atomic E-state index is -2.13. The Hall–Kier alpha value is -1.33. The first kappa shape index (κ1) is 14.1. The molecule has 2 rings (SSSR count). The molecule has 106 valence electrons. The molecule has 1 aliphatic rings. The van der Waals surface area contributed by atoms with Gasteiger partial charge < -0.3 is 5.32 Å². The second-order valence-electron chi connectivity index (χ2n) is 4.87. The van der Waals surface area contributed by atoms with E-state index in [0.717, 1.165) is 12.8 Å². The molecule has 1 fully saturated rings. The van der Waals surface area contributed by atoms with Gasteiger partial charge in [-0.15, -0.1) is 0 Å². The normalized spacial score (nSPS) is 22.8. The van der Waals surface area contributed by atoms with Crippen molar-refractivity contribution in [2.75, 3.05) is 5.32 Å². The van der Waals surface area contributed by atoms with Gasteiger partial charge in [0.1, 0.15) is 5.69 Å². The average molecular weight is 279 g/mol. The van der Waals surface area contributed by atoms with E-state index < -0.39 is 34.8 Å². The molecule has 2 unspecified atom stereocenters. The number of hydrogen-bond donors (Lipinski definition) is 1. The second-order valence-corrected chi connectivity index (χ2v) is 4.87. The highest BCUT2D eigenvalue weighted by Crippen LogP contribution is 2.33. The molecule has 0 aromatic heterocycles. The standard InChI is InChI=1S/C13H14F5N/c1-2-6-3-4-7(5-6)19-13-11(17)9(15)8(14)10(16)12(13)18/h6-7,19H,2-5H2,1H3. The molecule has 1 saturated carbocycles. The molecule has 1 aromatic rings. The van der Waals surface area contributed by atoms with E-state index in [-0.39, 0.29) is 6.04 Å². The summed E-state index contributed by atoms with van der Waals surface area (Å²) >= 11 is 0. The number of halogens is 5. The van der Waals surface area contributed by atoms with Gasteiger partial charge in [-0.3, -0.25) is 0 Å². The molecule has 0 radical (unpaired) electrons. The fourth-order valence-corrected chi connectivity index (χ4v) is 2.51. The van der Waals surface area contributed by atoms with Crippen molar-refractivity contribution in [2.45, 2.75) is 38.6 Å². The van der Waals surface area contributed by atoms with Crippen molar-refractivity contribution in [3.63, 3.8) is 0 Å². The van der Waals surface area contributed by atoms with Gasteiger partial charge in [0.25, 0.3) is 0 Å². The van der Waals surface area contributed by atoms with E-state index in [1.807, 2.05) is 6.92 Å². The van der Waals surface area contributed by atoms with Gasteiger partial charge in [0.05, 0.1) is 0 Å². The smallest absolute Gasteiger partial charge is 0.200 e. The summed E-state index contributed by atoms with van der Waals surface area (Å²) in [7, 11) is 0. The van der Waals surface area contributed by atoms with E-state index >= 15 is 0 Å². The highest BCUT2D eigenvalue weighted by Gasteiger charge is 2.29. The van der Waals surface area contributed by atoms with Crippen LogP contribution >= 0.6 is 0 Å². The molecule has 0 bridgehead atoms. The van der Waals surface area contributed by atoms with Gasteiger partial charge in [-0.1, -0.05) is 13.3 Å². The van der Waals surface area contributed by atoms with E-state index in [0.29, 0.717) is 18.8 Å². The zero-order valence-corrected chi connectivity index (χ0v) is 10.4. The average Bonchev–Trinajstić information content (AvgIpc) is 2.87. The molecule has 0 spiro atoms. The van der Waals surface area contributed by atoms with E-state index in [2.05, 4.69) is 5.32 Å². The number of benzene rings is 1. The van der Waals surface area contributed by atoms with Gasteiger partial charge in [0.2, 0.25) is 5.82 Å². The lowest BCUT2D eigenvalue weighted by molar-refractivity contribution is 0.380. The highest BCUT2D eigenvalue weighted by molar-refractivity contribution is 5.48. The van der Waals surface area contributed by atoms with Crippen LogP contribution in [0.4, 0.5) is 27.6 Å². The Morgan fingerprint density at radius 1 is 0.895 bits per heavy atom. The SMILES string of the molecule is CCC1CCC(Nc2c(F)c(F)c(F)c(F)c2F)C1. The van der Waals surface area contributed by atoms with Crippen molar-refractivity contribution in [3.05, 3.63) is 29.1 Å². The predicted molar refractivity (Wildman–Crippen MR) is 61.3 cm³/mol. The second kappa shape index (κ2) is 5.35. The minimum Gasteiger partial charge on any atom is -0.377 e. The summed E-state index contributed by atoms with van der Waals surface area (Å²) in [6.07, 6.45) is 3.17. The van der Waals surface area contributed by atoms with E-state index in [1.54, 1.807) is 0 Å². The van der Waals surface area contributed by atoms with Crippen LogP contribution in [-0.2, 0) is 0 Å². The largest absolute Gasteiger partial charge is 0.377 e. The Labute approximate surface area is 107 Å². The first-order valence-electron chi connectivity index (χ1n) is 6.23. The third-order valence-electron chi connectivity index (χ3n) is 3.68. The first-order valence-corrected chi connectivity index (χ1v) is 6.23. The summed E-state index contributed by atoms with van der Waals surface area (Å²) in [5.41, 5.74) is -0.918. The van der Waals surface area contributed by atoms with E-state index in [1.165, 1.54) is 0 Å². The number of hydrogen-bond acceptors (Lipinski definition) is 1. The molecule has 1 aliphatic carbocycles. The zero-order chi connectivity index (χ0) is 14.2. The van der Waals surface area contributed by atoms with Crippen LogP contribution in [0.3, 0.4) is 0 Å². The lowest BCUT2D eigenvalue weighted by Crippen LogP contribution is -2.19. The highest BCUT2D eigenvalue weighted by atomic mass is 19.2. The van der Waals surface area contributed by atoms with Crippen molar-refractivity contribution >= 4 is 5.69 Å². The Morgan fingerprint density at radius 2 is 1.42 bits per heavy atom. The van der Waals surface area contributed by atoms with E-state index in [4.69, 9.17) is 0 Å². The zero-order valence-electron chi connectivity index (χ0n) is 10.4. The molecule has 19 heavy (non-hydrogen) atoms. The lowest BCUT2D eigenvalue weighted by Gasteiger charge is -2.16. The van der Waals surface area contributed by atoms with Crippen LogP contribution in [0.5, 0.6) is 0 Å². The fraction of sp³-hybridized carbons (Fsp3) is 0.538. The maximum atomic E-state index is 13.5. The maximum absolute atomic E-state index is 13.5. The molecule has 0 saturated heterocycles. The summed E-state index contributed by atoms with van der Waals surface area (Å²) in [6.45, 7) is 2.01. The van der Waals surface area contributed by atoms with Crippen molar-refractivity contribution < 1.29 is 22.0 Å². The summed E-state index contributed by atoms with van der Waals surface area (Å²) in [5, 5.41) is 2.45. The third-order valence-corrected chi connectivity index (χ3v) is 3.68. The Balaban J connectivity index is 2.26.